The van der Waals surface area contributed by atoms with Crippen LogP contribution in [0.25, 0.3) is 0 Å². The minimum Gasteiger partial charge on any atom is -0.504 e. The molecule has 0 unspecified atom stereocenters. The van der Waals surface area contributed by atoms with Gasteiger partial charge in [-0.25, -0.2) is 0 Å². The molecule has 5 N–H and O–H groups in total. The number of phenolic OH excluding ortho intramolecular Hbond substituents is 2. The molecule has 0 atom stereocenters. The van der Waals surface area contributed by atoms with Crippen molar-refractivity contribution in [2.24, 2.45) is 0 Å². The van der Waals surface area contributed by atoms with Crippen molar-refractivity contribution in [3.63, 3.8) is 0 Å². The van der Waals surface area contributed by atoms with Gasteiger partial charge in [-0.2, -0.15) is 13.2 Å². The summed E-state index contributed by atoms with van der Waals surface area (Å²) in [6.45, 7) is 0. The number of carbonyl (C=O) groups is 1. The van der Waals surface area contributed by atoms with Crippen molar-refractivity contribution in [3.05, 3.63) is 53.6 Å². The highest BCUT2D eigenvalue weighted by Gasteiger charge is 2.33. The zero-order chi connectivity index (χ0) is 20.0. The maximum absolute atomic E-state index is 12.9. The van der Waals surface area contributed by atoms with Gasteiger partial charge in [-0.05, 0) is 48.5 Å². The van der Waals surface area contributed by atoms with Crippen LogP contribution in [0.3, 0.4) is 0 Å². The molecule has 2 aromatic rings. The van der Waals surface area contributed by atoms with Crippen molar-refractivity contribution < 1.29 is 28.2 Å². The molecule has 144 valence electrons. The molecule has 27 heavy (non-hydrogen) atoms. The number of halogens is 3. The summed E-state index contributed by atoms with van der Waals surface area (Å²) in [5.74, 6) is -1.02. The molecular weight excluding hydrogens is 383 g/mol. The number of para-hydroxylation sites is 1. The first-order valence-electron chi connectivity index (χ1n) is 7.69. The van der Waals surface area contributed by atoms with E-state index in [-0.39, 0.29) is 35.1 Å². The van der Waals surface area contributed by atoms with Crippen LogP contribution in [0.2, 0.25) is 0 Å². The van der Waals surface area contributed by atoms with E-state index < -0.39 is 17.6 Å². The van der Waals surface area contributed by atoms with Crippen LogP contribution < -0.4 is 16.2 Å². The predicted molar refractivity (Wildman–Crippen MR) is 97.0 cm³/mol. The monoisotopic (exact) mass is 399 g/mol. The summed E-state index contributed by atoms with van der Waals surface area (Å²) in [4.78, 5) is 11.8. The summed E-state index contributed by atoms with van der Waals surface area (Å²) in [7, 11) is 0. The van der Waals surface area contributed by atoms with Crippen molar-refractivity contribution in [1.82, 2.24) is 10.9 Å². The van der Waals surface area contributed by atoms with E-state index in [1.807, 2.05) is 0 Å². The summed E-state index contributed by atoms with van der Waals surface area (Å²) >= 11 is 4.88. The number of alkyl halides is 3. The van der Waals surface area contributed by atoms with E-state index in [0.29, 0.717) is 5.56 Å². The first kappa shape index (κ1) is 20.3. The van der Waals surface area contributed by atoms with E-state index in [1.54, 1.807) is 6.07 Å². The van der Waals surface area contributed by atoms with Gasteiger partial charge in [-0.3, -0.25) is 15.6 Å². The van der Waals surface area contributed by atoms with Crippen molar-refractivity contribution in [2.45, 2.75) is 19.0 Å². The first-order valence-corrected chi connectivity index (χ1v) is 8.10. The normalized spacial score (nSPS) is 10.9. The minimum absolute atomic E-state index is 0.0268. The molecule has 0 heterocycles. The van der Waals surface area contributed by atoms with E-state index in [4.69, 9.17) is 12.2 Å². The molecule has 0 aliphatic heterocycles. The Labute approximate surface area is 158 Å². The fraction of sp³-hybridized carbons (Fsp3) is 0.176. The number of benzene rings is 2. The Morgan fingerprint density at radius 3 is 2.41 bits per heavy atom. The van der Waals surface area contributed by atoms with Crippen LogP contribution >= 0.6 is 12.2 Å². The molecule has 0 aliphatic rings. The van der Waals surface area contributed by atoms with Gasteiger partial charge in [-0.15, -0.1) is 0 Å². The summed E-state index contributed by atoms with van der Waals surface area (Å²) in [5.41, 5.74) is 4.11. The highest BCUT2D eigenvalue weighted by atomic mass is 32.1. The largest absolute Gasteiger partial charge is 0.504 e. The molecular formula is C17H16F3N3O3S. The van der Waals surface area contributed by atoms with E-state index in [1.165, 1.54) is 30.3 Å². The van der Waals surface area contributed by atoms with Crippen molar-refractivity contribution in [3.8, 4) is 11.5 Å². The lowest BCUT2D eigenvalue weighted by atomic mass is 10.1. The molecule has 0 aliphatic carbocycles. The average Bonchev–Trinajstić information content (AvgIpc) is 2.60. The lowest BCUT2D eigenvalue weighted by molar-refractivity contribution is -0.137. The number of hydrogen-bond donors (Lipinski definition) is 5. The van der Waals surface area contributed by atoms with Gasteiger partial charge in [-0.1, -0.05) is 18.2 Å². The molecule has 10 heteroatoms. The van der Waals surface area contributed by atoms with E-state index in [2.05, 4.69) is 16.2 Å². The molecule has 2 aromatic carbocycles. The Kier molecular flexibility index (Phi) is 6.45. The predicted octanol–water partition coefficient (Wildman–Crippen LogP) is 3.07. The lowest BCUT2D eigenvalue weighted by Gasteiger charge is -2.16. The second kappa shape index (κ2) is 8.58. The maximum atomic E-state index is 12.9. The van der Waals surface area contributed by atoms with E-state index in [9.17, 15) is 28.2 Å². The summed E-state index contributed by atoms with van der Waals surface area (Å²) in [6, 6.07) is 9.00. The Bertz CT molecular complexity index is 844. The molecule has 2 rings (SSSR count). The Balaban J connectivity index is 1.83. The Morgan fingerprint density at radius 1 is 1.04 bits per heavy atom. The Hall–Kier alpha value is -3.01. The Morgan fingerprint density at radius 2 is 1.74 bits per heavy atom. The van der Waals surface area contributed by atoms with Gasteiger partial charge < -0.3 is 15.5 Å². The zero-order valence-electron chi connectivity index (χ0n) is 13.8. The third-order valence-corrected chi connectivity index (χ3v) is 3.68. The molecule has 0 fully saturated rings. The maximum Gasteiger partial charge on any atom is 0.418 e. The van der Waals surface area contributed by atoms with Crippen LogP contribution in [-0.4, -0.2) is 21.2 Å². The van der Waals surface area contributed by atoms with Crippen LogP contribution in [0.5, 0.6) is 11.5 Å². The van der Waals surface area contributed by atoms with Gasteiger partial charge in [0.2, 0.25) is 5.91 Å². The van der Waals surface area contributed by atoms with Crippen LogP contribution in [-0.2, 0) is 17.4 Å². The topological polar surface area (TPSA) is 93.6 Å². The van der Waals surface area contributed by atoms with Gasteiger partial charge in [0.25, 0.3) is 0 Å². The molecule has 0 saturated heterocycles. The van der Waals surface area contributed by atoms with Crippen LogP contribution in [0.1, 0.15) is 17.5 Å². The average molecular weight is 399 g/mol. The number of aromatic hydroxyl groups is 2. The number of aryl methyl sites for hydroxylation is 1. The smallest absolute Gasteiger partial charge is 0.418 e. The van der Waals surface area contributed by atoms with Crippen molar-refractivity contribution in [1.29, 1.82) is 0 Å². The molecule has 0 saturated carbocycles. The fourth-order valence-corrected chi connectivity index (χ4v) is 2.33. The number of rotatable bonds is 4. The number of amides is 1. The van der Waals surface area contributed by atoms with Crippen LogP contribution in [0, 0.1) is 0 Å². The molecule has 0 aromatic heterocycles. The molecule has 0 radical (unpaired) electrons. The summed E-state index contributed by atoms with van der Waals surface area (Å²) in [5, 5.41) is 20.8. The highest BCUT2D eigenvalue weighted by Crippen LogP contribution is 2.34. The van der Waals surface area contributed by atoms with Crippen LogP contribution in [0.4, 0.5) is 18.9 Å². The van der Waals surface area contributed by atoms with E-state index in [0.717, 1.165) is 6.07 Å². The molecule has 0 spiro atoms. The van der Waals surface area contributed by atoms with Gasteiger partial charge in [0.15, 0.2) is 16.6 Å². The first-order chi connectivity index (χ1) is 12.7. The van der Waals surface area contributed by atoms with Crippen molar-refractivity contribution >= 4 is 28.9 Å². The third-order valence-electron chi connectivity index (χ3n) is 3.48. The zero-order valence-corrected chi connectivity index (χ0v) is 14.6. The minimum atomic E-state index is -4.54. The lowest BCUT2D eigenvalue weighted by Crippen LogP contribution is -2.44. The van der Waals surface area contributed by atoms with Gasteiger partial charge in [0, 0.05) is 6.42 Å². The number of carbonyl (C=O) groups excluding carboxylic acids is 1. The molecule has 0 bridgehead atoms. The summed E-state index contributed by atoms with van der Waals surface area (Å²) < 4.78 is 38.8. The van der Waals surface area contributed by atoms with Gasteiger partial charge >= 0.3 is 6.18 Å². The van der Waals surface area contributed by atoms with E-state index >= 15 is 0 Å². The second-order valence-electron chi connectivity index (χ2n) is 5.49. The standard InChI is InChI=1S/C17H16F3N3O3S/c18-17(19,20)11-3-1-2-4-12(11)21-16(27)23-22-15(26)8-6-10-5-7-13(24)14(25)9-10/h1-5,7,9,24-25H,6,8H2,(H,22,26)(H2,21,23,27). The number of hydrazine groups is 1. The van der Waals surface area contributed by atoms with Gasteiger partial charge in [0.05, 0.1) is 11.3 Å². The van der Waals surface area contributed by atoms with Crippen LogP contribution in [0.15, 0.2) is 42.5 Å². The third kappa shape index (κ3) is 6.03. The highest BCUT2D eigenvalue weighted by molar-refractivity contribution is 7.80. The molecule has 6 nitrogen and oxygen atoms in total. The number of hydrogen-bond acceptors (Lipinski definition) is 4. The number of phenols is 2. The molecule has 1 amide bonds. The van der Waals surface area contributed by atoms with Gasteiger partial charge in [0.1, 0.15) is 0 Å². The fourth-order valence-electron chi connectivity index (χ4n) is 2.16. The SMILES string of the molecule is O=C(CCc1ccc(O)c(O)c1)NNC(=S)Nc1ccccc1C(F)(F)F. The number of anilines is 1. The number of thiocarbonyl (C=S) groups is 1. The van der Waals surface area contributed by atoms with Crippen molar-refractivity contribution in [2.75, 3.05) is 5.32 Å². The summed E-state index contributed by atoms with van der Waals surface area (Å²) in [6.07, 6.45) is -4.24. The second-order valence-corrected chi connectivity index (χ2v) is 5.90. The number of nitrogens with one attached hydrogen (secondary N) is 3. The quantitative estimate of drug-likeness (QED) is 0.308.